The largest absolute Gasteiger partial charge is 0.304 e. The van der Waals surface area contributed by atoms with Crippen LogP contribution in [0, 0.1) is 5.82 Å². The summed E-state index contributed by atoms with van der Waals surface area (Å²) in [5.41, 5.74) is 2.57. The highest BCUT2D eigenvalue weighted by molar-refractivity contribution is 5.82. The van der Waals surface area contributed by atoms with E-state index in [0.717, 1.165) is 16.9 Å². The number of nitrogens with zero attached hydrogens (tertiary/aromatic N) is 2. The highest BCUT2D eigenvalue weighted by Gasteiger charge is 2.08. The Morgan fingerprint density at radius 1 is 1.10 bits per heavy atom. The fourth-order valence-electron chi connectivity index (χ4n) is 2.25. The Kier molecular flexibility index (Phi) is 3.29. The number of fused-ring (bicyclic) bond motifs is 1. The van der Waals surface area contributed by atoms with E-state index in [2.05, 4.69) is 4.98 Å². The zero-order valence-corrected chi connectivity index (χ0v) is 10.8. The highest BCUT2D eigenvalue weighted by Crippen LogP contribution is 2.09. The van der Waals surface area contributed by atoms with E-state index in [4.69, 9.17) is 0 Å². The molecule has 0 aliphatic rings. The average Bonchev–Trinajstić information content (AvgIpc) is 2.91. The van der Waals surface area contributed by atoms with Crippen molar-refractivity contribution < 1.29 is 9.18 Å². The van der Waals surface area contributed by atoms with Crippen molar-refractivity contribution in [3.05, 3.63) is 71.9 Å². The van der Waals surface area contributed by atoms with Crippen LogP contribution in [0.5, 0.6) is 0 Å². The van der Waals surface area contributed by atoms with Crippen LogP contribution in [0.25, 0.3) is 5.65 Å². The van der Waals surface area contributed by atoms with E-state index < -0.39 is 0 Å². The van der Waals surface area contributed by atoms with Gasteiger partial charge in [-0.25, -0.2) is 9.37 Å². The van der Waals surface area contributed by atoms with Gasteiger partial charge in [0.2, 0.25) is 0 Å². The first kappa shape index (κ1) is 12.5. The number of halogens is 1. The molecule has 2 aromatic heterocycles. The second-order valence-electron chi connectivity index (χ2n) is 4.69. The second kappa shape index (κ2) is 5.25. The van der Waals surface area contributed by atoms with Crippen LogP contribution in [0.3, 0.4) is 0 Å². The molecule has 0 aliphatic carbocycles. The van der Waals surface area contributed by atoms with Crippen LogP contribution in [0.2, 0.25) is 0 Å². The minimum atomic E-state index is -0.288. The molecule has 0 aliphatic heterocycles. The van der Waals surface area contributed by atoms with Crippen molar-refractivity contribution in [3.63, 3.8) is 0 Å². The molecule has 0 spiro atoms. The van der Waals surface area contributed by atoms with Gasteiger partial charge in [0.1, 0.15) is 17.2 Å². The van der Waals surface area contributed by atoms with Gasteiger partial charge in [0.05, 0.1) is 0 Å². The van der Waals surface area contributed by atoms with Crippen LogP contribution in [0.1, 0.15) is 11.3 Å². The predicted octanol–water partition coefficient (Wildman–Crippen LogP) is 2.83. The Labute approximate surface area is 115 Å². The van der Waals surface area contributed by atoms with Crippen molar-refractivity contribution in [1.29, 1.82) is 0 Å². The highest BCUT2D eigenvalue weighted by atomic mass is 19.1. The van der Waals surface area contributed by atoms with E-state index in [1.165, 1.54) is 12.1 Å². The van der Waals surface area contributed by atoms with Gasteiger partial charge >= 0.3 is 0 Å². The standard InChI is InChI=1S/C16H13FN2O/c17-13-6-4-12(5-7-13)10-15(20)11-14-2-1-3-16-18-8-9-19(14)16/h1-9H,10-11H2. The molecule has 0 saturated heterocycles. The van der Waals surface area contributed by atoms with Crippen molar-refractivity contribution in [3.8, 4) is 0 Å². The molecular weight excluding hydrogens is 255 g/mol. The molecule has 0 atom stereocenters. The number of Topliss-reactive ketones (excluding diaryl/α,β-unsaturated/α-hetero) is 1. The lowest BCUT2D eigenvalue weighted by molar-refractivity contribution is -0.117. The first-order valence-corrected chi connectivity index (χ1v) is 6.39. The summed E-state index contributed by atoms with van der Waals surface area (Å²) in [5, 5.41) is 0. The third-order valence-electron chi connectivity index (χ3n) is 3.21. The van der Waals surface area contributed by atoms with Crippen LogP contribution >= 0.6 is 0 Å². The van der Waals surface area contributed by atoms with Gasteiger partial charge < -0.3 is 4.40 Å². The average molecular weight is 268 g/mol. The van der Waals surface area contributed by atoms with Crippen molar-refractivity contribution in [1.82, 2.24) is 9.38 Å². The van der Waals surface area contributed by atoms with Gasteiger partial charge in [-0.1, -0.05) is 18.2 Å². The molecule has 0 unspecified atom stereocenters. The topological polar surface area (TPSA) is 34.4 Å². The van der Waals surface area contributed by atoms with Crippen LogP contribution < -0.4 is 0 Å². The summed E-state index contributed by atoms with van der Waals surface area (Å²) in [6, 6.07) is 11.7. The molecule has 3 rings (SSSR count). The zero-order chi connectivity index (χ0) is 13.9. The third-order valence-corrected chi connectivity index (χ3v) is 3.21. The Morgan fingerprint density at radius 2 is 1.90 bits per heavy atom. The number of carbonyl (C=O) groups excluding carboxylic acids is 1. The van der Waals surface area contributed by atoms with Crippen molar-refractivity contribution in [2.45, 2.75) is 12.8 Å². The molecule has 0 bridgehead atoms. The van der Waals surface area contributed by atoms with Gasteiger partial charge in [-0.3, -0.25) is 4.79 Å². The van der Waals surface area contributed by atoms with Crippen LogP contribution in [0.4, 0.5) is 4.39 Å². The number of ketones is 1. The van der Waals surface area contributed by atoms with E-state index in [0.29, 0.717) is 12.8 Å². The second-order valence-corrected chi connectivity index (χ2v) is 4.69. The molecular formula is C16H13FN2O. The molecule has 3 aromatic rings. The van der Waals surface area contributed by atoms with E-state index in [1.54, 1.807) is 18.3 Å². The normalized spacial score (nSPS) is 10.8. The maximum Gasteiger partial charge on any atom is 0.143 e. The number of benzene rings is 1. The monoisotopic (exact) mass is 268 g/mol. The van der Waals surface area contributed by atoms with Crippen molar-refractivity contribution in [2.75, 3.05) is 0 Å². The van der Waals surface area contributed by atoms with Crippen molar-refractivity contribution >= 4 is 11.4 Å². The number of carbonyl (C=O) groups is 1. The Morgan fingerprint density at radius 3 is 2.70 bits per heavy atom. The molecule has 20 heavy (non-hydrogen) atoms. The number of imidazole rings is 1. The third kappa shape index (κ3) is 2.59. The number of hydrogen-bond acceptors (Lipinski definition) is 2. The lowest BCUT2D eigenvalue weighted by Crippen LogP contribution is -2.09. The summed E-state index contributed by atoms with van der Waals surface area (Å²) in [6.45, 7) is 0. The van der Waals surface area contributed by atoms with Crippen LogP contribution in [-0.2, 0) is 17.6 Å². The molecule has 0 saturated carbocycles. The fourth-order valence-corrected chi connectivity index (χ4v) is 2.25. The zero-order valence-electron chi connectivity index (χ0n) is 10.8. The predicted molar refractivity (Wildman–Crippen MR) is 74.0 cm³/mol. The van der Waals surface area contributed by atoms with E-state index >= 15 is 0 Å². The van der Waals surface area contributed by atoms with Gasteiger partial charge in [0.25, 0.3) is 0 Å². The van der Waals surface area contributed by atoms with Gasteiger partial charge in [-0.15, -0.1) is 0 Å². The summed E-state index contributed by atoms with van der Waals surface area (Å²) in [6.07, 6.45) is 4.20. The molecule has 4 heteroatoms. The Hall–Kier alpha value is -2.49. The van der Waals surface area contributed by atoms with E-state index in [-0.39, 0.29) is 11.6 Å². The maximum atomic E-state index is 12.8. The molecule has 0 fully saturated rings. The molecule has 100 valence electrons. The lowest BCUT2D eigenvalue weighted by atomic mass is 10.1. The number of pyridine rings is 1. The smallest absolute Gasteiger partial charge is 0.143 e. The molecule has 0 amide bonds. The lowest BCUT2D eigenvalue weighted by Gasteiger charge is -2.05. The summed E-state index contributed by atoms with van der Waals surface area (Å²) in [5.74, 6) is -0.192. The Bertz CT molecular complexity index is 747. The number of rotatable bonds is 4. The van der Waals surface area contributed by atoms with Gasteiger partial charge in [0.15, 0.2) is 0 Å². The first-order valence-electron chi connectivity index (χ1n) is 6.39. The molecule has 1 aromatic carbocycles. The minimum absolute atomic E-state index is 0.0952. The van der Waals surface area contributed by atoms with Crippen LogP contribution in [-0.4, -0.2) is 15.2 Å². The number of hydrogen-bond donors (Lipinski definition) is 0. The van der Waals surface area contributed by atoms with Crippen LogP contribution in [0.15, 0.2) is 54.9 Å². The quantitative estimate of drug-likeness (QED) is 0.729. The summed E-state index contributed by atoms with van der Waals surface area (Å²) < 4.78 is 14.7. The molecule has 2 heterocycles. The minimum Gasteiger partial charge on any atom is -0.304 e. The van der Waals surface area contributed by atoms with E-state index in [1.807, 2.05) is 28.8 Å². The Balaban J connectivity index is 1.76. The first-order chi connectivity index (χ1) is 9.72. The van der Waals surface area contributed by atoms with Gasteiger partial charge in [-0.2, -0.15) is 0 Å². The maximum absolute atomic E-state index is 12.8. The SMILES string of the molecule is O=C(Cc1ccc(F)cc1)Cc1cccc2nccn12. The molecule has 0 radical (unpaired) electrons. The van der Waals surface area contributed by atoms with Gasteiger partial charge in [-0.05, 0) is 29.8 Å². The van der Waals surface area contributed by atoms with Crippen molar-refractivity contribution in [2.24, 2.45) is 0 Å². The summed E-state index contributed by atoms with van der Waals surface area (Å²) in [4.78, 5) is 16.3. The fraction of sp³-hybridized carbons (Fsp3) is 0.125. The van der Waals surface area contributed by atoms with E-state index in [9.17, 15) is 9.18 Å². The summed E-state index contributed by atoms with van der Waals surface area (Å²) in [7, 11) is 0. The molecule has 3 nitrogen and oxygen atoms in total. The number of aromatic nitrogens is 2. The summed E-state index contributed by atoms with van der Waals surface area (Å²) >= 11 is 0. The van der Waals surface area contributed by atoms with Gasteiger partial charge in [0, 0.05) is 30.9 Å². The molecule has 0 N–H and O–H groups in total.